The molecule has 1 unspecified atom stereocenters. The van der Waals surface area contributed by atoms with E-state index in [1.165, 1.54) is 24.3 Å². The Morgan fingerprint density at radius 1 is 1.08 bits per heavy atom. The van der Waals surface area contributed by atoms with E-state index in [9.17, 15) is 14.0 Å². The van der Waals surface area contributed by atoms with E-state index < -0.39 is 0 Å². The van der Waals surface area contributed by atoms with Crippen molar-refractivity contribution in [2.45, 2.75) is 25.7 Å². The van der Waals surface area contributed by atoms with E-state index >= 15 is 0 Å². The van der Waals surface area contributed by atoms with E-state index in [1.807, 2.05) is 4.90 Å². The minimum absolute atomic E-state index is 0. The average Bonchev–Trinajstić information content (AvgIpc) is 3.02. The smallest absolute Gasteiger partial charge is 0.253 e. The molecule has 1 atom stereocenters. The Hall–Kier alpha value is -1.66. The molecule has 26 heavy (non-hydrogen) atoms. The van der Waals surface area contributed by atoms with Crippen LogP contribution in [-0.4, -0.2) is 60.9 Å². The topological polar surface area (TPSA) is 52.7 Å². The molecule has 5 nitrogen and oxygen atoms in total. The summed E-state index contributed by atoms with van der Waals surface area (Å²) in [6.45, 7) is 4.53. The van der Waals surface area contributed by atoms with Crippen molar-refractivity contribution in [1.82, 2.24) is 15.1 Å². The summed E-state index contributed by atoms with van der Waals surface area (Å²) in [5, 5.41) is 3.33. The summed E-state index contributed by atoms with van der Waals surface area (Å²) in [4.78, 5) is 28.6. The molecule has 0 saturated carbocycles. The SMILES string of the molecule is Cl.O=C(CCC1CCNC1)N1CCCN(C(=O)c2ccc(F)cc2)CC1. The number of amides is 2. The van der Waals surface area contributed by atoms with Gasteiger partial charge in [-0.3, -0.25) is 9.59 Å². The van der Waals surface area contributed by atoms with Gasteiger partial charge in [0.2, 0.25) is 5.91 Å². The fourth-order valence-corrected chi connectivity index (χ4v) is 3.59. The van der Waals surface area contributed by atoms with Crippen molar-refractivity contribution in [3.8, 4) is 0 Å². The summed E-state index contributed by atoms with van der Waals surface area (Å²) in [5.74, 6) is 0.378. The highest BCUT2D eigenvalue weighted by atomic mass is 35.5. The van der Waals surface area contributed by atoms with E-state index in [0.29, 0.717) is 44.1 Å². The zero-order chi connectivity index (χ0) is 17.6. The molecule has 144 valence electrons. The number of halogens is 2. The third-order valence-electron chi connectivity index (χ3n) is 5.16. The highest BCUT2D eigenvalue weighted by Gasteiger charge is 2.24. The van der Waals surface area contributed by atoms with Crippen LogP contribution in [0, 0.1) is 11.7 Å². The quantitative estimate of drug-likeness (QED) is 0.868. The van der Waals surface area contributed by atoms with Gasteiger partial charge in [0.15, 0.2) is 0 Å². The van der Waals surface area contributed by atoms with E-state index in [-0.39, 0.29) is 30.0 Å². The van der Waals surface area contributed by atoms with Gasteiger partial charge in [0.1, 0.15) is 5.82 Å². The van der Waals surface area contributed by atoms with Gasteiger partial charge in [-0.05, 0) is 62.5 Å². The molecule has 0 spiro atoms. The van der Waals surface area contributed by atoms with Crippen molar-refractivity contribution < 1.29 is 14.0 Å². The van der Waals surface area contributed by atoms with Crippen LogP contribution >= 0.6 is 12.4 Å². The van der Waals surface area contributed by atoms with Crippen molar-refractivity contribution in [2.75, 3.05) is 39.3 Å². The van der Waals surface area contributed by atoms with Crippen molar-refractivity contribution in [3.05, 3.63) is 35.6 Å². The lowest BCUT2D eigenvalue weighted by Crippen LogP contribution is -2.37. The fraction of sp³-hybridized carbons (Fsp3) is 0.579. The predicted octanol–water partition coefficient (Wildman–Crippen LogP) is 2.31. The Labute approximate surface area is 160 Å². The molecule has 1 N–H and O–H groups in total. The third kappa shape index (κ3) is 5.42. The number of rotatable bonds is 4. The Morgan fingerprint density at radius 2 is 1.77 bits per heavy atom. The van der Waals surface area contributed by atoms with Gasteiger partial charge in [0, 0.05) is 38.2 Å². The van der Waals surface area contributed by atoms with Crippen molar-refractivity contribution in [1.29, 1.82) is 0 Å². The molecule has 2 amide bonds. The van der Waals surface area contributed by atoms with Crippen LogP contribution in [0.4, 0.5) is 4.39 Å². The summed E-state index contributed by atoms with van der Waals surface area (Å²) < 4.78 is 13.0. The highest BCUT2D eigenvalue weighted by molar-refractivity contribution is 5.94. The van der Waals surface area contributed by atoms with E-state index in [1.54, 1.807) is 4.90 Å². The molecule has 3 rings (SSSR count). The van der Waals surface area contributed by atoms with Crippen molar-refractivity contribution >= 4 is 24.2 Å². The first-order chi connectivity index (χ1) is 12.1. The minimum Gasteiger partial charge on any atom is -0.341 e. The Balaban J connectivity index is 0.00000243. The molecular weight excluding hydrogens is 357 g/mol. The van der Waals surface area contributed by atoms with Crippen LogP contribution in [0.2, 0.25) is 0 Å². The van der Waals surface area contributed by atoms with Gasteiger partial charge in [0.05, 0.1) is 0 Å². The fourth-order valence-electron chi connectivity index (χ4n) is 3.59. The first kappa shape index (κ1) is 20.6. The maximum atomic E-state index is 13.0. The number of nitrogens with zero attached hydrogens (tertiary/aromatic N) is 2. The van der Waals surface area contributed by atoms with Crippen molar-refractivity contribution in [2.24, 2.45) is 5.92 Å². The summed E-state index contributed by atoms with van der Waals surface area (Å²) in [6, 6.07) is 5.64. The highest BCUT2D eigenvalue weighted by Crippen LogP contribution is 2.16. The van der Waals surface area contributed by atoms with E-state index in [0.717, 1.165) is 32.4 Å². The Kier molecular flexibility index (Phi) is 7.85. The average molecular weight is 384 g/mol. The van der Waals surface area contributed by atoms with Gasteiger partial charge in [-0.15, -0.1) is 12.4 Å². The Morgan fingerprint density at radius 3 is 2.46 bits per heavy atom. The molecule has 2 aliphatic rings. The second kappa shape index (κ2) is 9.88. The standard InChI is InChI=1S/C19H26FN3O2.ClH/c20-17-5-3-16(4-6-17)19(25)23-11-1-10-22(12-13-23)18(24)7-2-15-8-9-21-14-15;/h3-6,15,21H,1-2,7-14H2;1H. The molecule has 2 saturated heterocycles. The Bertz CT molecular complexity index is 605. The number of nitrogens with one attached hydrogen (secondary N) is 1. The van der Waals surface area contributed by atoms with Gasteiger partial charge in [0.25, 0.3) is 5.91 Å². The van der Waals surface area contributed by atoms with Gasteiger partial charge in [-0.25, -0.2) is 4.39 Å². The first-order valence-electron chi connectivity index (χ1n) is 9.17. The maximum absolute atomic E-state index is 13.0. The van der Waals surface area contributed by atoms with Gasteiger partial charge >= 0.3 is 0 Å². The van der Waals surface area contributed by atoms with Gasteiger partial charge < -0.3 is 15.1 Å². The van der Waals surface area contributed by atoms with E-state index in [4.69, 9.17) is 0 Å². The molecule has 0 aliphatic carbocycles. The van der Waals surface area contributed by atoms with E-state index in [2.05, 4.69) is 5.32 Å². The molecule has 1 aromatic rings. The summed E-state index contributed by atoms with van der Waals surface area (Å²) in [5.41, 5.74) is 0.495. The van der Waals surface area contributed by atoms with Crippen LogP contribution in [0.15, 0.2) is 24.3 Å². The first-order valence-corrected chi connectivity index (χ1v) is 9.17. The lowest BCUT2D eigenvalue weighted by atomic mass is 10.0. The summed E-state index contributed by atoms with van der Waals surface area (Å²) in [6.07, 6.45) is 3.48. The van der Waals surface area contributed by atoms with Crippen LogP contribution in [0.3, 0.4) is 0 Å². The largest absolute Gasteiger partial charge is 0.341 e. The molecule has 2 fully saturated rings. The molecule has 1 aromatic carbocycles. The third-order valence-corrected chi connectivity index (χ3v) is 5.16. The molecular formula is C19H27ClFN3O2. The van der Waals surface area contributed by atoms with Crippen LogP contribution in [0.1, 0.15) is 36.0 Å². The monoisotopic (exact) mass is 383 g/mol. The molecule has 0 radical (unpaired) electrons. The zero-order valence-corrected chi connectivity index (χ0v) is 15.8. The van der Waals surface area contributed by atoms with Crippen LogP contribution in [0.25, 0.3) is 0 Å². The van der Waals surface area contributed by atoms with Gasteiger partial charge in [-0.1, -0.05) is 0 Å². The number of benzene rings is 1. The zero-order valence-electron chi connectivity index (χ0n) is 15.0. The van der Waals surface area contributed by atoms with Crippen LogP contribution in [-0.2, 0) is 4.79 Å². The number of hydrogen-bond acceptors (Lipinski definition) is 3. The van der Waals surface area contributed by atoms with Crippen molar-refractivity contribution in [3.63, 3.8) is 0 Å². The molecule has 2 heterocycles. The number of carbonyl (C=O) groups is 2. The molecule has 7 heteroatoms. The lowest BCUT2D eigenvalue weighted by molar-refractivity contribution is -0.131. The maximum Gasteiger partial charge on any atom is 0.253 e. The number of hydrogen-bond donors (Lipinski definition) is 1. The molecule has 0 bridgehead atoms. The summed E-state index contributed by atoms with van der Waals surface area (Å²) >= 11 is 0. The normalized spacial score (nSPS) is 20.4. The predicted molar refractivity (Wildman–Crippen MR) is 101 cm³/mol. The van der Waals surface area contributed by atoms with Crippen LogP contribution < -0.4 is 5.32 Å². The molecule has 0 aromatic heterocycles. The molecule has 2 aliphatic heterocycles. The van der Waals surface area contributed by atoms with Crippen LogP contribution in [0.5, 0.6) is 0 Å². The minimum atomic E-state index is -0.346. The second-order valence-corrected chi connectivity index (χ2v) is 6.93. The van der Waals surface area contributed by atoms with Gasteiger partial charge in [-0.2, -0.15) is 0 Å². The number of carbonyl (C=O) groups excluding carboxylic acids is 2. The summed E-state index contributed by atoms with van der Waals surface area (Å²) in [7, 11) is 0. The second-order valence-electron chi connectivity index (χ2n) is 6.93. The lowest BCUT2D eigenvalue weighted by Gasteiger charge is -2.22.